The normalized spacial score (nSPS) is 10.6. The second kappa shape index (κ2) is 9.16. The van der Waals surface area contributed by atoms with Crippen molar-refractivity contribution in [2.24, 2.45) is 0 Å². The summed E-state index contributed by atoms with van der Waals surface area (Å²) in [7, 11) is 1.54. The highest BCUT2D eigenvalue weighted by molar-refractivity contribution is 7.19. The summed E-state index contributed by atoms with van der Waals surface area (Å²) in [5, 5.41) is 3.32. The van der Waals surface area contributed by atoms with Gasteiger partial charge in [-0.25, -0.2) is 9.78 Å². The van der Waals surface area contributed by atoms with Crippen molar-refractivity contribution in [1.29, 1.82) is 0 Å². The summed E-state index contributed by atoms with van der Waals surface area (Å²) in [6, 6.07) is 19.5. The maximum atomic E-state index is 12.8. The van der Waals surface area contributed by atoms with Crippen LogP contribution in [0.15, 0.2) is 66.7 Å². The van der Waals surface area contributed by atoms with Gasteiger partial charge >= 0.3 is 5.97 Å². The number of carbonyl (C=O) groups excluding carboxylic acids is 2. The van der Waals surface area contributed by atoms with Gasteiger partial charge in [0.2, 0.25) is 0 Å². The molecule has 0 aliphatic heterocycles. The fourth-order valence-electron chi connectivity index (χ4n) is 3.03. The van der Waals surface area contributed by atoms with Crippen molar-refractivity contribution < 1.29 is 19.1 Å². The van der Waals surface area contributed by atoms with Gasteiger partial charge in [0, 0.05) is 17.1 Å². The van der Waals surface area contributed by atoms with Gasteiger partial charge in [-0.15, -0.1) is 11.3 Å². The number of hydrogen-bond acceptors (Lipinski definition) is 6. The molecule has 31 heavy (non-hydrogen) atoms. The minimum absolute atomic E-state index is 0.333. The molecule has 1 amide bonds. The molecule has 0 saturated carbocycles. The van der Waals surface area contributed by atoms with Crippen LogP contribution in [0, 0.1) is 0 Å². The molecule has 8 heteroatoms. The number of rotatable bonds is 6. The van der Waals surface area contributed by atoms with Crippen LogP contribution in [0.3, 0.4) is 0 Å². The third-order valence-electron chi connectivity index (χ3n) is 4.45. The average molecular weight is 453 g/mol. The van der Waals surface area contributed by atoms with E-state index in [9.17, 15) is 9.59 Å². The molecule has 0 aliphatic rings. The molecule has 0 unspecified atom stereocenters. The van der Waals surface area contributed by atoms with Crippen LogP contribution in [0.4, 0.5) is 5.69 Å². The maximum absolute atomic E-state index is 12.8. The lowest BCUT2D eigenvalue weighted by atomic mass is 10.1. The van der Waals surface area contributed by atoms with Crippen molar-refractivity contribution in [2.45, 2.75) is 0 Å². The van der Waals surface area contributed by atoms with Crippen molar-refractivity contribution in [3.05, 3.63) is 76.6 Å². The Labute approximate surface area is 187 Å². The van der Waals surface area contributed by atoms with Gasteiger partial charge in [0.05, 0.1) is 33.1 Å². The molecule has 0 bridgehead atoms. The lowest BCUT2D eigenvalue weighted by Gasteiger charge is -2.10. The van der Waals surface area contributed by atoms with Crippen LogP contribution in [0.2, 0.25) is 4.34 Å². The highest BCUT2D eigenvalue weighted by Gasteiger charge is 2.17. The van der Waals surface area contributed by atoms with Gasteiger partial charge in [0.15, 0.2) is 6.61 Å². The van der Waals surface area contributed by atoms with Gasteiger partial charge in [-0.1, -0.05) is 35.9 Å². The van der Waals surface area contributed by atoms with Gasteiger partial charge in [-0.05, 0) is 36.4 Å². The van der Waals surface area contributed by atoms with E-state index in [-0.39, 0.29) is 0 Å². The number of anilines is 1. The van der Waals surface area contributed by atoms with E-state index >= 15 is 0 Å². The van der Waals surface area contributed by atoms with E-state index in [4.69, 9.17) is 21.1 Å². The minimum atomic E-state index is -0.608. The molecule has 2 aromatic heterocycles. The summed E-state index contributed by atoms with van der Waals surface area (Å²) in [5.41, 5.74) is 2.15. The first-order chi connectivity index (χ1) is 15.0. The van der Waals surface area contributed by atoms with E-state index in [1.165, 1.54) is 11.3 Å². The Kier molecular flexibility index (Phi) is 6.16. The van der Waals surface area contributed by atoms with Crippen molar-refractivity contribution >= 4 is 51.4 Å². The number of nitrogens with zero attached hydrogens (tertiary/aromatic N) is 1. The first-order valence-electron chi connectivity index (χ1n) is 9.30. The van der Waals surface area contributed by atoms with Crippen LogP contribution in [-0.2, 0) is 9.53 Å². The molecule has 0 saturated heterocycles. The Balaban J connectivity index is 1.53. The number of fused-ring (bicyclic) bond motifs is 1. The number of hydrogen-bond donors (Lipinski definition) is 1. The number of thiophene rings is 1. The molecular weight excluding hydrogens is 436 g/mol. The SMILES string of the molecule is COc1cccc(NC(=O)COC(=O)c2cc(-c3ccc(Cl)s3)nc3ccccc23)c1. The van der Waals surface area contributed by atoms with Crippen LogP contribution in [-0.4, -0.2) is 30.6 Å². The largest absolute Gasteiger partial charge is 0.497 e. The summed E-state index contributed by atoms with van der Waals surface area (Å²) in [4.78, 5) is 30.5. The number of pyridine rings is 1. The maximum Gasteiger partial charge on any atom is 0.339 e. The zero-order valence-electron chi connectivity index (χ0n) is 16.4. The molecule has 4 aromatic rings. The Morgan fingerprint density at radius 3 is 2.68 bits per heavy atom. The monoisotopic (exact) mass is 452 g/mol. The van der Waals surface area contributed by atoms with Gasteiger partial charge in [0.25, 0.3) is 5.91 Å². The summed E-state index contributed by atoms with van der Waals surface area (Å²) in [6.45, 7) is -0.424. The fraction of sp³-hybridized carbons (Fsp3) is 0.0870. The van der Waals surface area contributed by atoms with Gasteiger partial charge < -0.3 is 14.8 Å². The quantitative estimate of drug-likeness (QED) is 0.395. The number of methoxy groups -OCH3 is 1. The van der Waals surface area contributed by atoms with E-state index < -0.39 is 18.5 Å². The molecule has 0 radical (unpaired) electrons. The topological polar surface area (TPSA) is 77.5 Å². The molecule has 1 N–H and O–H groups in total. The minimum Gasteiger partial charge on any atom is -0.497 e. The zero-order chi connectivity index (χ0) is 21.8. The number of nitrogens with one attached hydrogen (secondary N) is 1. The van der Waals surface area contributed by atoms with Crippen molar-refractivity contribution in [1.82, 2.24) is 4.98 Å². The summed E-state index contributed by atoms with van der Waals surface area (Å²) in [6.07, 6.45) is 0. The Morgan fingerprint density at radius 1 is 1.06 bits per heavy atom. The predicted octanol–water partition coefficient (Wildman–Crippen LogP) is 5.42. The molecule has 6 nitrogen and oxygen atoms in total. The zero-order valence-corrected chi connectivity index (χ0v) is 18.0. The highest BCUT2D eigenvalue weighted by atomic mass is 35.5. The lowest BCUT2D eigenvalue weighted by Crippen LogP contribution is -2.21. The molecule has 0 aliphatic carbocycles. The van der Waals surface area contributed by atoms with Gasteiger partial charge in [0.1, 0.15) is 5.75 Å². The standard InChI is InChI=1S/C23H17ClN2O4S/c1-29-15-6-4-5-14(11-15)25-22(27)13-30-23(28)17-12-19(20-9-10-21(24)31-20)26-18-8-3-2-7-16(17)18/h2-12H,13H2,1H3,(H,25,27). The lowest BCUT2D eigenvalue weighted by molar-refractivity contribution is -0.119. The van der Waals surface area contributed by atoms with Crippen LogP contribution < -0.4 is 10.1 Å². The summed E-state index contributed by atoms with van der Waals surface area (Å²) >= 11 is 7.42. The van der Waals surface area contributed by atoms with Gasteiger partial charge in [-0.3, -0.25) is 4.79 Å². The molecule has 2 heterocycles. The van der Waals surface area contributed by atoms with Gasteiger partial charge in [-0.2, -0.15) is 0 Å². The highest BCUT2D eigenvalue weighted by Crippen LogP contribution is 2.32. The predicted molar refractivity (Wildman–Crippen MR) is 122 cm³/mol. The molecule has 156 valence electrons. The second-order valence-electron chi connectivity index (χ2n) is 6.53. The molecule has 2 aromatic carbocycles. The number of aromatic nitrogens is 1. The molecular formula is C23H17ClN2O4S. The average Bonchev–Trinajstić information content (AvgIpc) is 3.23. The van der Waals surface area contributed by atoms with Crippen molar-refractivity contribution in [3.63, 3.8) is 0 Å². The first kappa shape index (κ1) is 20.8. The van der Waals surface area contributed by atoms with E-state index in [0.717, 1.165) is 4.88 Å². The smallest absolute Gasteiger partial charge is 0.339 e. The van der Waals surface area contributed by atoms with E-state index in [2.05, 4.69) is 10.3 Å². The number of para-hydroxylation sites is 1. The molecule has 4 rings (SSSR count). The Hall–Kier alpha value is -3.42. The number of ether oxygens (including phenoxy) is 2. The van der Waals surface area contributed by atoms with Crippen LogP contribution in [0.1, 0.15) is 10.4 Å². The number of halogens is 1. The van der Waals surface area contributed by atoms with Crippen molar-refractivity contribution in [3.8, 4) is 16.3 Å². The Bertz CT molecular complexity index is 1270. The number of carbonyl (C=O) groups is 2. The second-order valence-corrected chi connectivity index (χ2v) is 8.25. The third kappa shape index (κ3) is 4.84. The fourth-order valence-corrected chi connectivity index (χ4v) is 4.03. The first-order valence-corrected chi connectivity index (χ1v) is 10.5. The van der Waals surface area contributed by atoms with Crippen LogP contribution in [0.25, 0.3) is 21.5 Å². The third-order valence-corrected chi connectivity index (χ3v) is 5.70. The van der Waals surface area contributed by atoms with Crippen LogP contribution in [0.5, 0.6) is 5.75 Å². The van der Waals surface area contributed by atoms with Crippen LogP contribution >= 0.6 is 22.9 Å². The summed E-state index contributed by atoms with van der Waals surface area (Å²) < 4.78 is 11.1. The molecule has 0 spiro atoms. The number of amides is 1. The van der Waals surface area contributed by atoms with E-state index in [1.807, 2.05) is 24.3 Å². The molecule has 0 atom stereocenters. The number of benzene rings is 2. The summed E-state index contributed by atoms with van der Waals surface area (Å²) in [5.74, 6) is -0.451. The van der Waals surface area contributed by atoms with E-state index in [1.54, 1.807) is 49.6 Å². The van der Waals surface area contributed by atoms with Crippen molar-refractivity contribution in [2.75, 3.05) is 19.0 Å². The molecule has 0 fully saturated rings. The number of esters is 1. The van der Waals surface area contributed by atoms with E-state index in [0.29, 0.717) is 37.9 Å². The Morgan fingerprint density at radius 2 is 1.90 bits per heavy atom.